The molecular weight excluding hydrogens is 364 g/mol. The van der Waals surface area contributed by atoms with Crippen molar-refractivity contribution in [3.63, 3.8) is 0 Å². The lowest BCUT2D eigenvalue weighted by atomic mass is 9.96. The molecule has 0 spiro atoms. The number of allylic oxidation sites excluding steroid dienone is 1. The summed E-state index contributed by atoms with van der Waals surface area (Å²) in [5.74, 6) is 0.855. The summed E-state index contributed by atoms with van der Waals surface area (Å²) in [6, 6.07) is 22.7. The lowest BCUT2D eigenvalue weighted by molar-refractivity contribution is -0.384. The zero-order chi connectivity index (χ0) is 20.1. The van der Waals surface area contributed by atoms with E-state index in [9.17, 15) is 10.1 Å². The van der Waals surface area contributed by atoms with Crippen LogP contribution in [0.25, 0.3) is 6.08 Å². The summed E-state index contributed by atoms with van der Waals surface area (Å²) in [5.41, 5.74) is 5.35. The van der Waals surface area contributed by atoms with Crippen LogP contribution in [0.3, 0.4) is 0 Å². The molecule has 1 aliphatic heterocycles. The fourth-order valence-electron chi connectivity index (χ4n) is 3.26. The lowest BCUT2D eigenvalue weighted by Gasteiger charge is -2.16. The highest BCUT2D eigenvalue weighted by molar-refractivity contribution is 6.12. The number of aliphatic imine (C=N–C) groups is 1. The summed E-state index contributed by atoms with van der Waals surface area (Å²) >= 11 is 0. The Kier molecular flexibility index (Phi) is 5.47. The number of benzene rings is 3. The molecule has 0 bridgehead atoms. The van der Waals surface area contributed by atoms with Gasteiger partial charge in [-0.1, -0.05) is 36.4 Å². The van der Waals surface area contributed by atoms with E-state index in [-0.39, 0.29) is 5.69 Å². The van der Waals surface area contributed by atoms with Gasteiger partial charge in [-0.25, -0.2) is 0 Å². The number of non-ortho nitro benzene ring substituents is 1. The molecule has 0 atom stereocenters. The number of hydrogen-bond acceptors (Lipinski definition) is 4. The molecule has 1 aliphatic rings. The first-order chi connectivity index (χ1) is 14.2. The van der Waals surface area contributed by atoms with Gasteiger partial charge in [0.25, 0.3) is 5.69 Å². The van der Waals surface area contributed by atoms with E-state index < -0.39 is 4.92 Å². The summed E-state index contributed by atoms with van der Waals surface area (Å²) < 4.78 is 5.94. The molecule has 0 unspecified atom stereocenters. The van der Waals surface area contributed by atoms with Crippen LogP contribution in [0, 0.1) is 10.1 Å². The highest BCUT2D eigenvalue weighted by Crippen LogP contribution is 2.24. The smallest absolute Gasteiger partial charge is 0.269 e. The Morgan fingerprint density at radius 2 is 1.79 bits per heavy atom. The van der Waals surface area contributed by atoms with Crippen LogP contribution in [0.2, 0.25) is 0 Å². The summed E-state index contributed by atoms with van der Waals surface area (Å²) in [6.07, 6.45) is 4.77. The molecule has 0 fully saturated rings. The second-order valence-electron chi connectivity index (χ2n) is 6.79. The van der Waals surface area contributed by atoms with Crippen molar-refractivity contribution in [3.05, 3.63) is 111 Å². The van der Waals surface area contributed by atoms with E-state index in [1.165, 1.54) is 17.7 Å². The molecule has 0 N–H and O–H groups in total. The average Bonchev–Trinajstić information content (AvgIpc) is 2.77. The van der Waals surface area contributed by atoms with E-state index in [2.05, 4.69) is 11.1 Å². The maximum atomic E-state index is 10.8. The maximum absolute atomic E-state index is 10.8. The number of nitro groups is 1. The highest BCUT2D eigenvalue weighted by Gasteiger charge is 2.13. The van der Waals surface area contributed by atoms with Crippen molar-refractivity contribution in [3.8, 4) is 5.75 Å². The zero-order valence-corrected chi connectivity index (χ0v) is 15.8. The number of ether oxygens (including phenoxy) is 1. The standard InChI is InChI=1S/C24H20N2O3/c27-26(28)21-9-6-18(7-10-21)8-13-24-23-12-11-22(16-20(23)14-15-25-24)29-17-19-4-2-1-3-5-19/h1-13,16H,14-15,17H2. The molecule has 1 heterocycles. The summed E-state index contributed by atoms with van der Waals surface area (Å²) in [5, 5.41) is 10.8. The summed E-state index contributed by atoms with van der Waals surface area (Å²) in [7, 11) is 0. The number of fused-ring (bicyclic) bond motifs is 1. The third-order valence-corrected chi connectivity index (χ3v) is 4.80. The SMILES string of the molecule is O=[N+]([O-])c1ccc(C=CC2=NCCc3cc(OCc4ccccc4)ccc32)cc1. The molecule has 5 heteroatoms. The topological polar surface area (TPSA) is 64.7 Å². The first-order valence-electron chi connectivity index (χ1n) is 9.46. The molecule has 5 nitrogen and oxygen atoms in total. The molecule has 0 aliphatic carbocycles. The van der Waals surface area contributed by atoms with Gasteiger partial charge in [-0.05, 0) is 59.5 Å². The number of rotatable bonds is 6. The second-order valence-corrected chi connectivity index (χ2v) is 6.79. The molecule has 0 aromatic heterocycles. The van der Waals surface area contributed by atoms with E-state index in [1.807, 2.05) is 54.6 Å². The maximum Gasteiger partial charge on any atom is 0.269 e. The van der Waals surface area contributed by atoms with Gasteiger partial charge in [0.05, 0.1) is 10.6 Å². The number of hydrogen-bond donors (Lipinski definition) is 0. The van der Waals surface area contributed by atoms with Gasteiger partial charge >= 0.3 is 0 Å². The van der Waals surface area contributed by atoms with Crippen LogP contribution in [0.5, 0.6) is 5.75 Å². The van der Waals surface area contributed by atoms with E-state index in [0.29, 0.717) is 6.61 Å². The highest BCUT2D eigenvalue weighted by atomic mass is 16.6. The van der Waals surface area contributed by atoms with Gasteiger partial charge in [-0.3, -0.25) is 15.1 Å². The van der Waals surface area contributed by atoms with Crippen LogP contribution < -0.4 is 4.74 Å². The van der Waals surface area contributed by atoms with E-state index in [1.54, 1.807) is 12.1 Å². The van der Waals surface area contributed by atoms with E-state index >= 15 is 0 Å². The number of nitrogens with zero attached hydrogens (tertiary/aromatic N) is 2. The molecule has 4 rings (SSSR count). The first-order valence-corrected chi connectivity index (χ1v) is 9.46. The summed E-state index contributed by atoms with van der Waals surface area (Å²) in [6.45, 7) is 1.27. The molecule has 29 heavy (non-hydrogen) atoms. The minimum atomic E-state index is -0.396. The summed E-state index contributed by atoms with van der Waals surface area (Å²) in [4.78, 5) is 15.0. The van der Waals surface area contributed by atoms with E-state index in [4.69, 9.17) is 4.74 Å². The Bertz CT molecular complexity index is 1070. The molecule has 3 aromatic rings. The van der Waals surface area contributed by atoms with Gasteiger partial charge in [-0.2, -0.15) is 0 Å². The van der Waals surface area contributed by atoms with Crippen molar-refractivity contribution >= 4 is 17.5 Å². The molecule has 0 saturated carbocycles. The Balaban J connectivity index is 1.47. The minimum absolute atomic E-state index is 0.0885. The lowest BCUT2D eigenvalue weighted by Crippen LogP contribution is -2.11. The van der Waals surface area contributed by atoms with Gasteiger partial charge in [0.2, 0.25) is 0 Å². The quantitative estimate of drug-likeness (QED) is 0.432. The minimum Gasteiger partial charge on any atom is -0.489 e. The van der Waals surface area contributed by atoms with Crippen LogP contribution >= 0.6 is 0 Å². The third kappa shape index (κ3) is 4.58. The molecule has 0 amide bonds. The van der Waals surface area contributed by atoms with Crippen LogP contribution in [0.15, 0.2) is 83.9 Å². The largest absolute Gasteiger partial charge is 0.489 e. The van der Waals surface area contributed by atoms with Crippen LogP contribution in [-0.2, 0) is 13.0 Å². The monoisotopic (exact) mass is 384 g/mol. The molecule has 144 valence electrons. The van der Waals surface area contributed by atoms with Gasteiger partial charge in [0.1, 0.15) is 12.4 Å². The fourth-order valence-corrected chi connectivity index (χ4v) is 3.26. The fraction of sp³-hybridized carbons (Fsp3) is 0.125. The van der Waals surface area contributed by atoms with Crippen molar-refractivity contribution in [2.45, 2.75) is 13.0 Å². The van der Waals surface area contributed by atoms with E-state index in [0.717, 1.165) is 41.1 Å². The zero-order valence-electron chi connectivity index (χ0n) is 15.8. The van der Waals surface area contributed by atoms with Gasteiger partial charge in [-0.15, -0.1) is 0 Å². The van der Waals surface area contributed by atoms with Gasteiger partial charge in [0.15, 0.2) is 0 Å². The van der Waals surface area contributed by atoms with Gasteiger partial charge < -0.3 is 4.74 Å². The third-order valence-electron chi connectivity index (χ3n) is 4.80. The van der Waals surface area contributed by atoms with Crippen molar-refractivity contribution in [1.82, 2.24) is 0 Å². The van der Waals surface area contributed by atoms with Gasteiger partial charge in [0, 0.05) is 24.2 Å². The Labute approximate surface area is 169 Å². The van der Waals surface area contributed by atoms with Crippen molar-refractivity contribution in [1.29, 1.82) is 0 Å². The predicted octanol–water partition coefficient (Wildman–Crippen LogP) is 5.23. The van der Waals surface area contributed by atoms with Crippen molar-refractivity contribution in [2.24, 2.45) is 4.99 Å². The van der Waals surface area contributed by atoms with Crippen molar-refractivity contribution < 1.29 is 9.66 Å². The first kappa shape index (κ1) is 18.6. The van der Waals surface area contributed by atoms with Crippen LogP contribution in [-0.4, -0.2) is 17.2 Å². The molecule has 0 saturated heterocycles. The normalized spacial score (nSPS) is 13.0. The van der Waals surface area contributed by atoms with Crippen LogP contribution in [0.4, 0.5) is 5.69 Å². The Morgan fingerprint density at radius 3 is 2.55 bits per heavy atom. The second kappa shape index (κ2) is 8.52. The predicted molar refractivity (Wildman–Crippen MR) is 114 cm³/mol. The molecular formula is C24H20N2O3. The Hall–Kier alpha value is -3.73. The molecule has 0 radical (unpaired) electrons. The van der Waals surface area contributed by atoms with Crippen LogP contribution in [0.1, 0.15) is 22.3 Å². The molecule has 3 aromatic carbocycles. The Morgan fingerprint density at radius 1 is 1.00 bits per heavy atom. The average molecular weight is 384 g/mol. The van der Waals surface area contributed by atoms with Crippen molar-refractivity contribution in [2.75, 3.05) is 6.54 Å². The number of nitro benzene ring substituents is 1.